The van der Waals surface area contributed by atoms with Gasteiger partial charge in [-0.05, 0) is 28.8 Å². The van der Waals surface area contributed by atoms with Gasteiger partial charge in [0.25, 0.3) is 0 Å². The molecule has 3 aromatic carbocycles. The molecular formula is C24H17ClN2OS. The van der Waals surface area contributed by atoms with Crippen molar-refractivity contribution in [1.29, 1.82) is 0 Å². The van der Waals surface area contributed by atoms with E-state index in [9.17, 15) is 4.79 Å². The molecule has 0 aliphatic rings. The van der Waals surface area contributed by atoms with Crippen molar-refractivity contribution in [1.82, 2.24) is 4.98 Å². The average molecular weight is 417 g/mol. The molecule has 142 valence electrons. The van der Waals surface area contributed by atoms with Crippen LogP contribution in [0.5, 0.6) is 0 Å². The molecule has 1 aromatic heterocycles. The summed E-state index contributed by atoms with van der Waals surface area (Å²) < 4.78 is 0. The Labute approximate surface area is 178 Å². The van der Waals surface area contributed by atoms with Gasteiger partial charge in [-0.25, -0.2) is 4.98 Å². The van der Waals surface area contributed by atoms with E-state index in [2.05, 4.69) is 34.6 Å². The Hall–Kier alpha value is -3.21. The number of carbonyl (C=O) groups is 1. The Morgan fingerprint density at radius 1 is 0.862 bits per heavy atom. The van der Waals surface area contributed by atoms with E-state index in [1.54, 1.807) is 12.1 Å². The molecule has 0 spiro atoms. The van der Waals surface area contributed by atoms with Crippen LogP contribution >= 0.6 is 22.9 Å². The SMILES string of the molecule is O=C(/C=C/c1ccccc1Cl)Nc1nc(-c2ccc(-c3ccccc3)cc2)cs1. The number of anilines is 1. The molecule has 0 saturated heterocycles. The maximum Gasteiger partial charge on any atom is 0.250 e. The minimum absolute atomic E-state index is 0.245. The van der Waals surface area contributed by atoms with Gasteiger partial charge in [-0.2, -0.15) is 0 Å². The van der Waals surface area contributed by atoms with E-state index in [4.69, 9.17) is 11.6 Å². The van der Waals surface area contributed by atoms with Crippen LogP contribution in [-0.4, -0.2) is 10.9 Å². The summed E-state index contributed by atoms with van der Waals surface area (Å²) >= 11 is 7.49. The molecule has 3 nitrogen and oxygen atoms in total. The van der Waals surface area contributed by atoms with Crippen LogP contribution < -0.4 is 5.32 Å². The third-order valence-corrected chi connectivity index (χ3v) is 5.44. The number of halogens is 1. The Bertz CT molecular complexity index is 1150. The highest BCUT2D eigenvalue weighted by molar-refractivity contribution is 7.14. The molecule has 0 unspecified atom stereocenters. The fourth-order valence-electron chi connectivity index (χ4n) is 2.85. The van der Waals surface area contributed by atoms with Gasteiger partial charge in [-0.15, -0.1) is 11.3 Å². The molecule has 4 rings (SSSR count). The van der Waals surface area contributed by atoms with Gasteiger partial charge >= 0.3 is 0 Å². The fraction of sp³-hybridized carbons (Fsp3) is 0. The van der Waals surface area contributed by atoms with E-state index in [0.29, 0.717) is 10.2 Å². The predicted molar refractivity (Wildman–Crippen MR) is 122 cm³/mol. The maximum absolute atomic E-state index is 12.2. The van der Waals surface area contributed by atoms with E-state index in [1.165, 1.54) is 23.0 Å². The van der Waals surface area contributed by atoms with Crippen LogP contribution in [0, 0.1) is 0 Å². The minimum Gasteiger partial charge on any atom is -0.298 e. The topological polar surface area (TPSA) is 42.0 Å². The number of hydrogen-bond donors (Lipinski definition) is 1. The van der Waals surface area contributed by atoms with Gasteiger partial charge in [0.1, 0.15) is 0 Å². The summed E-state index contributed by atoms with van der Waals surface area (Å²) in [6.45, 7) is 0. The van der Waals surface area contributed by atoms with Crippen molar-refractivity contribution in [2.24, 2.45) is 0 Å². The molecule has 1 heterocycles. The van der Waals surface area contributed by atoms with Gasteiger partial charge in [0.05, 0.1) is 5.69 Å². The van der Waals surface area contributed by atoms with Gasteiger partial charge in [-0.3, -0.25) is 10.1 Å². The Morgan fingerprint density at radius 3 is 2.28 bits per heavy atom. The van der Waals surface area contributed by atoms with Gasteiger partial charge in [-0.1, -0.05) is 84.4 Å². The lowest BCUT2D eigenvalue weighted by Gasteiger charge is -2.03. The molecule has 0 atom stereocenters. The largest absolute Gasteiger partial charge is 0.298 e. The smallest absolute Gasteiger partial charge is 0.250 e. The minimum atomic E-state index is -0.245. The van der Waals surface area contributed by atoms with E-state index < -0.39 is 0 Å². The molecule has 5 heteroatoms. The average Bonchev–Trinajstić information content (AvgIpc) is 3.22. The predicted octanol–water partition coefficient (Wildman–Crippen LogP) is 6.78. The molecule has 1 N–H and O–H groups in total. The van der Waals surface area contributed by atoms with Crippen molar-refractivity contribution in [3.63, 3.8) is 0 Å². The van der Waals surface area contributed by atoms with Crippen LogP contribution in [0.3, 0.4) is 0 Å². The first-order valence-corrected chi connectivity index (χ1v) is 10.3. The number of rotatable bonds is 5. The Morgan fingerprint density at radius 2 is 1.52 bits per heavy atom. The second-order valence-corrected chi connectivity index (χ2v) is 7.59. The number of carbonyl (C=O) groups excluding carboxylic acids is 1. The van der Waals surface area contributed by atoms with Crippen LogP contribution in [-0.2, 0) is 4.79 Å². The highest BCUT2D eigenvalue weighted by Gasteiger charge is 2.07. The van der Waals surface area contributed by atoms with Crippen molar-refractivity contribution in [2.75, 3.05) is 5.32 Å². The number of hydrogen-bond acceptors (Lipinski definition) is 3. The van der Waals surface area contributed by atoms with Crippen LogP contribution in [0.2, 0.25) is 5.02 Å². The number of aromatic nitrogens is 1. The second kappa shape index (κ2) is 8.86. The standard InChI is InChI=1S/C24H17ClN2OS/c25-21-9-5-4-8-19(21)14-15-23(28)27-24-26-22(16-29-24)20-12-10-18(11-13-20)17-6-2-1-3-7-17/h1-16H,(H,26,27,28)/b15-14+. The summed E-state index contributed by atoms with van der Waals surface area (Å²) in [5.74, 6) is -0.245. The first-order valence-electron chi connectivity index (χ1n) is 9.04. The molecule has 29 heavy (non-hydrogen) atoms. The van der Waals surface area contributed by atoms with Crippen LogP contribution in [0.4, 0.5) is 5.13 Å². The zero-order valence-electron chi connectivity index (χ0n) is 15.4. The molecule has 0 aliphatic heterocycles. The number of amides is 1. The van der Waals surface area contributed by atoms with E-state index in [0.717, 1.165) is 22.4 Å². The van der Waals surface area contributed by atoms with Crippen molar-refractivity contribution in [2.45, 2.75) is 0 Å². The Balaban J connectivity index is 1.43. The van der Waals surface area contributed by atoms with E-state index >= 15 is 0 Å². The lowest BCUT2D eigenvalue weighted by Crippen LogP contribution is -2.07. The fourth-order valence-corrected chi connectivity index (χ4v) is 3.77. The number of nitrogens with one attached hydrogen (secondary N) is 1. The van der Waals surface area contributed by atoms with Crippen molar-refractivity contribution < 1.29 is 4.79 Å². The molecule has 0 saturated carbocycles. The van der Waals surface area contributed by atoms with Crippen LogP contribution in [0.1, 0.15) is 5.56 Å². The number of benzene rings is 3. The summed E-state index contributed by atoms with van der Waals surface area (Å²) in [7, 11) is 0. The lowest BCUT2D eigenvalue weighted by atomic mass is 10.0. The number of nitrogens with zero attached hydrogens (tertiary/aromatic N) is 1. The molecule has 0 radical (unpaired) electrons. The van der Waals surface area contributed by atoms with Gasteiger partial charge < -0.3 is 0 Å². The third-order valence-electron chi connectivity index (χ3n) is 4.34. The Kier molecular flexibility index (Phi) is 5.84. The van der Waals surface area contributed by atoms with Gasteiger partial charge in [0.15, 0.2) is 5.13 Å². The molecule has 4 aromatic rings. The van der Waals surface area contributed by atoms with Crippen molar-refractivity contribution >= 4 is 40.1 Å². The second-order valence-electron chi connectivity index (χ2n) is 6.33. The summed E-state index contributed by atoms with van der Waals surface area (Å²) in [4.78, 5) is 16.7. The molecule has 1 amide bonds. The van der Waals surface area contributed by atoms with E-state index in [-0.39, 0.29) is 5.91 Å². The highest BCUT2D eigenvalue weighted by Crippen LogP contribution is 2.27. The third kappa shape index (κ3) is 4.80. The monoisotopic (exact) mass is 416 g/mol. The lowest BCUT2D eigenvalue weighted by molar-refractivity contribution is -0.111. The van der Waals surface area contributed by atoms with Gasteiger partial charge in [0, 0.05) is 22.0 Å². The first kappa shape index (κ1) is 19.1. The summed E-state index contributed by atoms with van der Waals surface area (Å²) in [6, 6.07) is 25.8. The van der Waals surface area contributed by atoms with Crippen LogP contribution in [0.25, 0.3) is 28.5 Å². The molecule has 0 aliphatic carbocycles. The molecule has 0 fully saturated rings. The van der Waals surface area contributed by atoms with Crippen molar-refractivity contribution in [3.05, 3.63) is 101 Å². The zero-order chi connectivity index (χ0) is 20.1. The van der Waals surface area contributed by atoms with Gasteiger partial charge in [0.2, 0.25) is 5.91 Å². The van der Waals surface area contributed by atoms with Crippen molar-refractivity contribution in [3.8, 4) is 22.4 Å². The van der Waals surface area contributed by atoms with Crippen LogP contribution in [0.15, 0.2) is 90.3 Å². The number of thiazole rings is 1. The summed E-state index contributed by atoms with van der Waals surface area (Å²) in [5.41, 5.74) is 4.97. The quantitative estimate of drug-likeness (QED) is 0.364. The summed E-state index contributed by atoms with van der Waals surface area (Å²) in [6.07, 6.45) is 3.14. The molecule has 0 bridgehead atoms. The highest BCUT2D eigenvalue weighted by atomic mass is 35.5. The maximum atomic E-state index is 12.2. The zero-order valence-corrected chi connectivity index (χ0v) is 17.0. The molecular weight excluding hydrogens is 400 g/mol. The summed E-state index contributed by atoms with van der Waals surface area (Å²) in [5, 5.41) is 5.89. The van der Waals surface area contributed by atoms with E-state index in [1.807, 2.05) is 53.9 Å². The first-order chi connectivity index (χ1) is 14.2. The normalized spacial score (nSPS) is 10.9.